The van der Waals surface area contributed by atoms with Crippen molar-refractivity contribution in [1.29, 1.82) is 0 Å². The van der Waals surface area contributed by atoms with Crippen LogP contribution in [-0.4, -0.2) is 26.8 Å². The summed E-state index contributed by atoms with van der Waals surface area (Å²) in [5.41, 5.74) is 0.593. The molecule has 0 unspecified atom stereocenters. The highest BCUT2D eigenvalue weighted by atomic mass is 19.4. The second-order valence-electron chi connectivity index (χ2n) is 5.60. The summed E-state index contributed by atoms with van der Waals surface area (Å²) in [7, 11) is 0. The molecule has 26 heavy (non-hydrogen) atoms. The molecule has 0 atom stereocenters. The Morgan fingerprint density at radius 3 is 2.65 bits per heavy atom. The summed E-state index contributed by atoms with van der Waals surface area (Å²) in [6.45, 7) is 0.577. The highest BCUT2D eigenvalue weighted by Crippen LogP contribution is 2.29. The maximum absolute atomic E-state index is 12.5. The van der Waals surface area contributed by atoms with Crippen molar-refractivity contribution in [2.24, 2.45) is 0 Å². The molecule has 0 saturated heterocycles. The van der Waals surface area contributed by atoms with Crippen molar-refractivity contribution in [1.82, 2.24) is 19.7 Å². The van der Waals surface area contributed by atoms with Gasteiger partial charge in [0.1, 0.15) is 5.82 Å². The van der Waals surface area contributed by atoms with Gasteiger partial charge in [0.2, 0.25) is 5.91 Å². The molecule has 3 rings (SSSR count). The van der Waals surface area contributed by atoms with E-state index in [1.165, 1.54) is 12.1 Å². The number of alkyl halides is 3. The molecule has 0 bridgehead atoms. The smallest absolute Gasteiger partial charge is 0.369 e. The molecular weight excluding hydrogens is 347 g/mol. The van der Waals surface area contributed by atoms with Gasteiger partial charge in [-0.15, -0.1) is 0 Å². The van der Waals surface area contributed by atoms with Crippen molar-refractivity contribution in [2.45, 2.75) is 19.1 Å². The normalized spacial score (nSPS) is 11.5. The summed E-state index contributed by atoms with van der Waals surface area (Å²) in [4.78, 5) is 20.0. The summed E-state index contributed by atoms with van der Waals surface area (Å²) in [5.74, 6) is 0.547. The predicted octanol–water partition coefficient (Wildman–Crippen LogP) is 2.87. The molecule has 0 radical (unpaired) electrons. The number of carbonyl (C=O) groups is 1. The van der Waals surface area contributed by atoms with E-state index in [1.54, 1.807) is 24.8 Å². The van der Waals surface area contributed by atoms with E-state index in [-0.39, 0.29) is 18.9 Å². The summed E-state index contributed by atoms with van der Waals surface area (Å²) in [5, 5.41) is 5.79. The lowest BCUT2D eigenvalue weighted by atomic mass is 10.1. The fourth-order valence-corrected chi connectivity index (χ4v) is 2.38. The van der Waals surface area contributed by atoms with Gasteiger partial charge in [-0.25, -0.2) is 4.98 Å². The number of benzene rings is 1. The number of amides is 1. The number of anilines is 1. The van der Waals surface area contributed by atoms with Gasteiger partial charge in [-0.1, -0.05) is 12.1 Å². The maximum atomic E-state index is 12.5. The van der Waals surface area contributed by atoms with Crippen LogP contribution >= 0.6 is 0 Å². The van der Waals surface area contributed by atoms with Crippen molar-refractivity contribution in [3.05, 3.63) is 60.2 Å². The molecular formula is C17H16F3N5O. The Morgan fingerprint density at radius 2 is 1.92 bits per heavy atom. The Morgan fingerprint density at radius 1 is 1.15 bits per heavy atom. The van der Waals surface area contributed by atoms with Crippen LogP contribution in [0.15, 0.2) is 49.1 Å². The third-order valence-electron chi connectivity index (χ3n) is 3.75. The van der Waals surface area contributed by atoms with Gasteiger partial charge in [-0.2, -0.15) is 13.2 Å². The van der Waals surface area contributed by atoms with Crippen LogP contribution in [0.4, 0.5) is 19.0 Å². The molecule has 6 nitrogen and oxygen atoms in total. The SMILES string of the molecule is O=C(CCNc1cnc2cnccn12)NCc1ccc(C(F)(F)F)cc1. The van der Waals surface area contributed by atoms with E-state index in [0.717, 1.165) is 18.0 Å². The fraction of sp³-hybridized carbons (Fsp3) is 0.235. The van der Waals surface area contributed by atoms with Crippen molar-refractivity contribution < 1.29 is 18.0 Å². The third-order valence-corrected chi connectivity index (χ3v) is 3.75. The molecule has 3 aromatic rings. The molecule has 0 fully saturated rings. The highest BCUT2D eigenvalue weighted by Gasteiger charge is 2.29. The number of nitrogens with one attached hydrogen (secondary N) is 2. The number of fused-ring (bicyclic) bond motifs is 1. The molecule has 0 aliphatic heterocycles. The molecule has 0 aliphatic carbocycles. The molecule has 9 heteroatoms. The first-order valence-electron chi connectivity index (χ1n) is 7.87. The number of carbonyl (C=O) groups excluding carboxylic acids is 1. The molecule has 136 valence electrons. The van der Waals surface area contributed by atoms with Crippen molar-refractivity contribution in [2.75, 3.05) is 11.9 Å². The molecule has 2 heterocycles. The first-order valence-corrected chi connectivity index (χ1v) is 7.87. The zero-order valence-corrected chi connectivity index (χ0v) is 13.6. The van der Waals surface area contributed by atoms with E-state index >= 15 is 0 Å². The summed E-state index contributed by atoms with van der Waals surface area (Å²) < 4.78 is 39.3. The molecule has 0 aliphatic rings. The van der Waals surface area contributed by atoms with Crippen LogP contribution in [0.1, 0.15) is 17.5 Å². The van der Waals surface area contributed by atoms with Gasteiger partial charge in [-0.05, 0) is 17.7 Å². The zero-order valence-electron chi connectivity index (χ0n) is 13.6. The Bertz CT molecular complexity index is 889. The van der Waals surface area contributed by atoms with E-state index in [1.807, 2.05) is 4.40 Å². The standard InChI is InChI=1S/C17H16F3N5O/c18-17(19,20)13-3-1-12(2-4-13)9-24-16(26)5-6-22-15-11-23-14-10-21-7-8-25(14)15/h1-4,7-8,10-11,22H,5-6,9H2,(H,24,26). The number of aromatic nitrogens is 3. The van der Waals surface area contributed by atoms with Gasteiger partial charge >= 0.3 is 6.18 Å². The second kappa shape index (κ2) is 7.42. The molecule has 1 aromatic carbocycles. The highest BCUT2D eigenvalue weighted by molar-refractivity contribution is 5.76. The van der Waals surface area contributed by atoms with E-state index in [2.05, 4.69) is 20.6 Å². The third kappa shape index (κ3) is 4.29. The van der Waals surface area contributed by atoms with Crippen LogP contribution in [0, 0.1) is 0 Å². The topological polar surface area (TPSA) is 71.3 Å². The van der Waals surface area contributed by atoms with Gasteiger partial charge in [0, 0.05) is 31.9 Å². The monoisotopic (exact) mass is 363 g/mol. The average Bonchev–Trinajstić information content (AvgIpc) is 3.03. The Kier molecular flexibility index (Phi) is 5.06. The van der Waals surface area contributed by atoms with Crippen LogP contribution in [-0.2, 0) is 17.5 Å². The van der Waals surface area contributed by atoms with Crippen LogP contribution in [0.25, 0.3) is 5.65 Å². The Balaban J connectivity index is 1.44. The van der Waals surface area contributed by atoms with Gasteiger partial charge in [0.25, 0.3) is 0 Å². The van der Waals surface area contributed by atoms with Gasteiger partial charge < -0.3 is 10.6 Å². The maximum Gasteiger partial charge on any atom is 0.416 e. The van der Waals surface area contributed by atoms with Gasteiger partial charge in [-0.3, -0.25) is 14.2 Å². The Hall–Kier alpha value is -3.10. The number of imidazole rings is 1. The van der Waals surface area contributed by atoms with Crippen LogP contribution < -0.4 is 10.6 Å². The molecule has 0 spiro atoms. The van der Waals surface area contributed by atoms with Crippen LogP contribution in [0.5, 0.6) is 0 Å². The first-order chi connectivity index (χ1) is 12.4. The Labute approximate surface area is 147 Å². The minimum atomic E-state index is -4.36. The number of hydrogen-bond donors (Lipinski definition) is 2. The number of nitrogens with zero attached hydrogens (tertiary/aromatic N) is 3. The lowest BCUT2D eigenvalue weighted by Gasteiger charge is -2.09. The largest absolute Gasteiger partial charge is 0.416 e. The molecule has 2 aromatic heterocycles. The lowest BCUT2D eigenvalue weighted by Crippen LogP contribution is -2.25. The lowest BCUT2D eigenvalue weighted by molar-refractivity contribution is -0.137. The van der Waals surface area contributed by atoms with E-state index in [9.17, 15) is 18.0 Å². The van der Waals surface area contributed by atoms with Crippen molar-refractivity contribution in [3.8, 4) is 0 Å². The van der Waals surface area contributed by atoms with Crippen LogP contribution in [0.2, 0.25) is 0 Å². The van der Waals surface area contributed by atoms with Gasteiger partial charge in [0.05, 0.1) is 18.0 Å². The summed E-state index contributed by atoms with van der Waals surface area (Å²) in [6, 6.07) is 4.72. The zero-order chi connectivity index (χ0) is 18.6. The minimum absolute atomic E-state index is 0.179. The van der Waals surface area contributed by atoms with Crippen LogP contribution in [0.3, 0.4) is 0 Å². The summed E-state index contributed by atoms with van der Waals surface area (Å²) >= 11 is 0. The number of halogens is 3. The quantitative estimate of drug-likeness (QED) is 0.707. The van der Waals surface area contributed by atoms with E-state index < -0.39 is 11.7 Å². The molecule has 2 N–H and O–H groups in total. The number of hydrogen-bond acceptors (Lipinski definition) is 4. The molecule has 0 saturated carbocycles. The first kappa shape index (κ1) is 17.7. The van der Waals surface area contributed by atoms with E-state index in [4.69, 9.17) is 0 Å². The minimum Gasteiger partial charge on any atom is -0.369 e. The number of rotatable bonds is 6. The second-order valence-corrected chi connectivity index (χ2v) is 5.60. The van der Waals surface area contributed by atoms with Gasteiger partial charge in [0.15, 0.2) is 5.65 Å². The average molecular weight is 363 g/mol. The summed E-state index contributed by atoms with van der Waals surface area (Å²) in [6.07, 6.45) is 2.53. The fourth-order valence-electron chi connectivity index (χ4n) is 2.38. The van der Waals surface area contributed by atoms with E-state index in [0.29, 0.717) is 17.8 Å². The predicted molar refractivity (Wildman–Crippen MR) is 89.4 cm³/mol. The molecule has 1 amide bonds. The van der Waals surface area contributed by atoms with Crippen molar-refractivity contribution in [3.63, 3.8) is 0 Å². The van der Waals surface area contributed by atoms with Crippen molar-refractivity contribution >= 4 is 17.4 Å².